The first kappa shape index (κ1) is 22.6. The van der Waals surface area contributed by atoms with Crippen molar-refractivity contribution in [2.75, 3.05) is 25.5 Å². The zero-order valence-corrected chi connectivity index (χ0v) is 17.2. The van der Waals surface area contributed by atoms with E-state index in [0.29, 0.717) is 24.5 Å². The summed E-state index contributed by atoms with van der Waals surface area (Å²) in [6, 6.07) is 11.5. The number of urea groups is 1. The topological polar surface area (TPSA) is 79.9 Å². The Morgan fingerprint density at radius 2 is 1.87 bits per heavy atom. The van der Waals surface area contributed by atoms with Gasteiger partial charge in [0.05, 0.1) is 12.7 Å². The van der Waals surface area contributed by atoms with E-state index < -0.39 is 17.8 Å². The van der Waals surface area contributed by atoms with Crippen molar-refractivity contribution in [3.8, 4) is 5.75 Å². The molecule has 0 radical (unpaired) electrons. The molecule has 6 nitrogen and oxygen atoms in total. The number of amides is 2. The van der Waals surface area contributed by atoms with Gasteiger partial charge in [-0.15, -0.1) is 0 Å². The number of ether oxygens (including phenoxy) is 1. The minimum atomic E-state index is -4.34. The number of piperidine rings is 1. The molecule has 2 aromatic carbocycles. The van der Waals surface area contributed by atoms with Crippen molar-refractivity contribution in [2.45, 2.75) is 25.6 Å². The monoisotopic (exact) mass is 434 g/mol. The molecule has 166 valence electrons. The molecule has 31 heavy (non-hydrogen) atoms. The number of carbonyl (C=O) groups excluding carboxylic acids is 1. The smallest absolute Gasteiger partial charge is 0.416 e. The Morgan fingerprint density at radius 3 is 2.48 bits per heavy atom. The van der Waals surface area contributed by atoms with Gasteiger partial charge in [-0.05, 0) is 61.3 Å². The van der Waals surface area contributed by atoms with Crippen LogP contribution in [-0.4, -0.2) is 37.0 Å². The maximum Gasteiger partial charge on any atom is 0.416 e. The minimum absolute atomic E-state index is 0.0928. The first-order valence-electron chi connectivity index (χ1n) is 9.92. The molecule has 1 aliphatic rings. The standard InChI is InChI=1S/C22H25F3N4O2/c1-31-19-10-8-18(9-11-19)27-21(30)28-20(26)16-3-2-12-29(14-16)13-15-4-6-17(7-5-15)22(23,24)25/h4-11,16H,2-3,12-14H2,1H3,(H3,26,27,28,30). The molecule has 1 fully saturated rings. The number of halogens is 3. The number of carbonyl (C=O) groups is 1. The minimum Gasteiger partial charge on any atom is -0.497 e. The van der Waals surface area contributed by atoms with Crippen molar-refractivity contribution in [1.82, 2.24) is 4.90 Å². The first-order chi connectivity index (χ1) is 14.7. The van der Waals surface area contributed by atoms with Crippen molar-refractivity contribution < 1.29 is 22.7 Å². The van der Waals surface area contributed by atoms with E-state index in [1.165, 1.54) is 12.1 Å². The molecule has 3 rings (SSSR count). The van der Waals surface area contributed by atoms with Crippen LogP contribution in [0.4, 0.5) is 23.7 Å². The van der Waals surface area contributed by atoms with Crippen LogP contribution < -0.4 is 15.8 Å². The van der Waals surface area contributed by atoms with Gasteiger partial charge < -0.3 is 15.8 Å². The fourth-order valence-electron chi connectivity index (χ4n) is 3.53. The van der Waals surface area contributed by atoms with Crippen LogP contribution in [-0.2, 0) is 12.7 Å². The van der Waals surface area contributed by atoms with Crippen molar-refractivity contribution >= 4 is 17.6 Å². The number of alkyl halides is 3. The molecule has 2 amide bonds. The highest BCUT2D eigenvalue weighted by Gasteiger charge is 2.30. The number of anilines is 1. The number of nitrogens with two attached hydrogens (primary N) is 1. The second kappa shape index (κ2) is 9.82. The average Bonchev–Trinajstić information content (AvgIpc) is 2.74. The van der Waals surface area contributed by atoms with Crippen molar-refractivity contribution in [3.05, 3.63) is 59.7 Å². The molecule has 1 aliphatic heterocycles. The van der Waals surface area contributed by atoms with E-state index in [-0.39, 0.29) is 11.8 Å². The molecular formula is C22H25F3N4O2. The molecule has 1 heterocycles. The average molecular weight is 434 g/mol. The molecule has 0 bridgehead atoms. The van der Waals surface area contributed by atoms with E-state index in [1.807, 2.05) is 0 Å². The summed E-state index contributed by atoms with van der Waals surface area (Å²) < 4.78 is 43.2. The molecule has 1 unspecified atom stereocenters. The molecule has 2 aromatic rings. The summed E-state index contributed by atoms with van der Waals surface area (Å²) in [5.74, 6) is 0.837. The van der Waals surface area contributed by atoms with Crippen LogP contribution in [0.2, 0.25) is 0 Å². The molecule has 9 heteroatoms. The fraction of sp³-hybridized carbons (Fsp3) is 0.364. The number of methoxy groups -OCH3 is 1. The Labute approximate surface area is 178 Å². The molecule has 0 aromatic heterocycles. The third kappa shape index (κ3) is 6.45. The molecule has 1 saturated heterocycles. The lowest BCUT2D eigenvalue weighted by Gasteiger charge is -2.32. The van der Waals surface area contributed by atoms with Gasteiger partial charge in [-0.1, -0.05) is 12.1 Å². The summed E-state index contributed by atoms with van der Waals surface area (Å²) in [6.07, 6.45) is -2.68. The van der Waals surface area contributed by atoms with Gasteiger partial charge in [-0.3, -0.25) is 4.90 Å². The van der Waals surface area contributed by atoms with Gasteiger partial charge in [-0.2, -0.15) is 18.2 Å². The van der Waals surface area contributed by atoms with E-state index in [4.69, 9.17) is 10.5 Å². The fourth-order valence-corrected chi connectivity index (χ4v) is 3.53. The number of benzene rings is 2. The highest BCUT2D eigenvalue weighted by molar-refractivity contribution is 6.00. The maximum absolute atomic E-state index is 12.7. The zero-order valence-electron chi connectivity index (χ0n) is 17.2. The molecular weight excluding hydrogens is 409 g/mol. The van der Waals surface area contributed by atoms with Crippen LogP contribution >= 0.6 is 0 Å². The first-order valence-corrected chi connectivity index (χ1v) is 9.92. The molecule has 0 saturated carbocycles. The Morgan fingerprint density at radius 1 is 1.19 bits per heavy atom. The van der Waals surface area contributed by atoms with Crippen LogP contribution in [0, 0.1) is 5.92 Å². The number of hydrogen-bond donors (Lipinski definition) is 2. The molecule has 0 aliphatic carbocycles. The quantitative estimate of drug-likeness (QED) is 0.536. The summed E-state index contributed by atoms with van der Waals surface area (Å²) in [4.78, 5) is 18.3. The van der Waals surface area contributed by atoms with Crippen LogP contribution in [0.25, 0.3) is 0 Å². The summed E-state index contributed by atoms with van der Waals surface area (Å²) in [7, 11) is 1.56. The van der Waals surface area contributed by atoms with Crippen molar-refractivity contribution in [1.29, 1.82) is 0 Å². The van der Waals surface area contributed by atoms with E-state index >= 15 is 0 Å². The van der Waals surface area contributed by atoms with Gasteiger partial charge in [0.25, 0.3) is 0 Å². The second-order valence-corrected chi connectivity index (χ2v) is 7.46. The summed E-state index contributed by atoms with van der Waals surface area (Å²) in [5.41, 5.74) is 6.80. The third-order valence-electron chi connectivity index (χ3n) is 5.18. The molecule has 3 N–H and O–H groups in total. The molecule has 1 atom stereocenters. The highest BCUT2D eigenvalue weighted by Crippen LogP contribution is 2.29. The lowest BCUT2D eigenvalue weighted by Crippen LogP contribution is -2.41. The van der Waals surface area contributed by atoms with Crippen molar-refractivity contribution in [3.63, 3.8) is 0 Å². The number of aliphatic imine (C=N–C) groups is 1. The van der Waals surface area contributed by atoms with Crippen molar-refractivity contribution in [2.24, 2.45) is 16.6 Å². The van der Waals surface area contributed by atoms with E-state index in [9.17, 15) is 18.0 Å². The number of hydrogen-bond acceptors (Lipinski definition) is 3. The van der Waals surface area contributed by atoms with Gasteiger partial charge in [0.15, 0.2) is 0 Å². The van der Waals surface area contributed by atoms with Crippen LogP contribution in [0.5, 0.6) is 5.75 Å². The maximum atomic E-state index is 12.7. The second-order valence-electron chi connectivity index (χ2n) is 7.46. The largest absolute Gasteiger partial charge is 0.497 e. The number of nitrogens with zero attached hydrogens (tertiary/aromatic N) is 2. The predicted octanol–water partition coefficient (Wildman–Crippen LogP) is 4.52. The van der Waals surface area contributed by atoms with Gasteiger partial charge in [0.1, 0.15) is 11.6 Å². The van der Waals surface area contributed by atoms with Gasteiger partial charge in [0.2, 0.25) is 0 Å². The third-order valence-corrected chi connectivity index (χ3v) is 5.18. The van der Waals surface area contributed by atoms with E-state index in [0.717, 1.165) is 37.1 Å². The summed E-state index contributed by atoms with van der Waals surface area (Å²) in [6.45, 7) is 1.91. The van der Waals surface area contributed by atoms with Crippen LogP contribution in [0.3, 0.4) is 0 Å². The molecule has 0 spiro atoms. The lowest BCUT2D eigenvalue weighted by molar-refractivity contribution is -0.137. The normalized spacial score (nSPS) is 17.9. The summed E-state index contributed by atoms with van der Waals surface area (Å²) in [5, 5.41) is 2.66. The van der Waals surface area contributed by atoms with Gasteiger partial charge >= 0.3 is 12.2 Å². The van der Waals surface area contributed by atoms with Gasteiger partial charge in [-0.25, -0.2) is 4.79 Å². The Balaban J connectivity index is 1.56. The Hall–Kier alpha value is -3.07. The van der Waals surface area contributed by atoms with Crippen LogP contribution in [0.15, 0.2) is 53.5 Å². The predicted molar refractivity (Wildman–Crippen MR) is 113 cm³/mol. The number of rotatable bonds is 5. The Kier molecular flexibility index (Phi) is 7.17. The highest BCUT2D eigenvalue weighted by atomic mass is 19.4. The van der Waals surface area contributed by atoms with Crippen LogP contribution in [0.1, 0.15) is 24.0 Å². The van der Waals surface area contributed by atoms with E-state index in [2.05, 4.69) is 15.2 Å². The number of amidine groups is 1. The number of nitrogens with one attached hydrogen (secondary N) is 1. The summed E-state index contributed by atoms with van der Waals surface area (Å²) >= 11 is 0. The number of likely N-dealkylation sites (tertiary alicyclic amines) is 1. The van der Waals surface area contributed by atoms with Gasteiger partial charge in [0, 0.05) is 24.7 Å². The van der Waals surface area contributed by atoms with E-state index in [1.54, 1.807) is 31.4 Å². The Bertz CT molecular complexity index is 912. The lowest BCUT2D eigenvalue weighted by atomic mass is 9.96. The zero-order chi connectivity index (χ0) is 22.4. The SMILES string of the molecule is COc1ccc(NC(=O)/N=C(\N)C2CCCN(Cc3ccc(C(F)(F)F)cc3)C2)cc1.